The second-order valence-corrected chi connectivity index (χ2v) is 11.0. The van der Waals surface area contributed by atoms with Crippen LogP contribution in [-0.2, 0) is 0 Å². The van der Waals surface area contributed by atoms with Gasteiger partial charge in [-0.2, -0.15) is 0 Å². The van der Waals surface area contributed by atoms with Crippen molar-refractivity contribution in [3.05, 3.63) is 81.8 Å². The van der Waals surface area contributed by atoms with Crippen molar-refractivity contribution in [1.82, 2.24) is 19.9 Å². The third-order valence-corrected chi connectivity index (χ3v) is 8.00. The molecule has 1 aliphatic rings. The SMILES string of the molecule is CC(=N)c1c(Sc2cnc(Nc3nc(C4CCN(C)CC4)cs3)c(Oc3ccccc3)c2)cc[nH]c1=O. The molecule has 0 saturated carbocycles. The van der Waals surface area contributed by atoms with E-state index in [1.54, 1.807) is 36.7 Å². The van der Waals surface area contributed by atoms with Crippen molar-refractivity contribution in [1.29, 1.82) is 5.41 Å². The number of thiazole rings is 1. The van der Waals surface area contributed by atoms with E-state index in [1.807, 2.05) is 36.4 Å². The summed E-state index contributed by atoms with van der Waals surface area (Å²) in [5, 5.41) is 14.3. The number of pyridine rings is 2. The van der Waals surface area contributed by atoms with Crippen LogP contribution in [0.3, 0.4) is 0 Å². The number of rotatable bonds is 8. The fraction of sp³-hybridized carbons (Fsp3) is 0.259. The van der Waals surface area contributed by atoms with E-state index in [-0.39, 0.29) is 11.3 Å². The maximum absolute atomic E-state index is 12.3. The maximum Gasteiger partial charge on any atom is 0.258 e. The quantitative estimate of drug-likeness (QED) is 0.235. The van der Waals surface area contributed by atoms with Gasteiger partial charge in [0.2, 0.25) is 0 Å². The van der Waals surface area contributed by atoms with Crippen LogP contribution < -0.4 is 15.6 Å². The standard InChI is InChI=1S/C27H28N6O2S2/c1-17(28)24-23(8-11-29-26(24)34)37-20-14-22(35-19-6-4-3-5-7-19)25(30-15-20)32-27-31-21(16-36-27)18-9-12-33(2)13-10-18/h3-8,11,14-16,18,28H,9-10,12-13H2,1-2H3,(H,29,34)(H,30,31,32). The molecule has 0 unspecified atom stereocenters. The lowest BCUT2D eigenvalue weighted by Crippen LogP contribution is -2.29. The molecule has 10 heteroatoms. The molecule has 8 nitrogen and oxygen atoms in total. The number of aromatic amines is 1. The van der Waals surface area contributed by atoms with Gasteiger partial charge in [-0.25, -0.2) is 9.97 Å². The third kappa shape index (κ3) is 6.10. The molecule has 0 spiro atoms. The van der Waals surface area contributed by atoms with Gasteiger partial charge in [0, 0.05) is 45.3 Å². The Hall–Kier alpha value is -3.47. The molecule has 4 aromatic rings. The number of piperidine rings is 1. The Morgan fingerprint density at radius 1 is 1.24 bits per heavy atom. The Morgan fingerprint density at radius 3 is 2.78 bits per heavy atom. The lowest BCUT2D eigenvalue weighted by Gasteiger charge is -2.27. The van der Waals surface area contributed by atoms with Gasteiger partial charge in [-0.05, 0) is 58.1 Å². The molecule has 0 radical (unpaired) electrons. The summed E-state index contributed by atoms with van der Waals surface area (Å²) in [4.78, 5) is 28.3. The first-order valence-corrected chi connectivity index (χ1v) is 13.7. The summed E-state index contributed by atoms with van der Waals surface area (Å²) in [6.45, 7) is 3.79. The number of hydrogen-bond donors (Lipinski definition) is 3. The summed E-state index contributed by atoms with van der Waals surface area (Å²) < 4.78 is 6.22. The predicted molar refractivity (Wildman–Crippen MR) is 149 cm³/mol. The van der Waals surface area contributed by atoms with Crippen molar-refractivity contribution < 1.29 is 4.74 Å². The topological polar surface area (TPSA) is 107 Å². The molecule has 5 rings (SSSR count). The first kappa shape index (κ1) is 25.2. The summed E-state index contributed by atoms with van der Waals surface area (Å²) >= 11 is 2.94. The number of likely N-dealkylation sites (tertiary alicyclic amines) is 1. The molecule has 37 heavy (non-hydrogen) atoms. The van der Waals surface area contributed by atoms with E-state index in [4.69, 9.17) is 15.1 Å². The number of benzene rings is 1. The highest BCUT2D eigenvalue weighted by Crippen LogP contribution is 2.38. The molecule has 0 aliphatic carbocycles. The number of anilines is 2. The molecular formula is C27H28N6O2S2. The average Bonchev–Trinajstić information content (AvgIpc) is 3.35. The third-order valence-electron chi connectivity index (χ3n) is 6.21. The van der Waals surface area contributed by atoms with E-state index in [0.29, 0.717) is 33.7 Å². The van der Waals surface area contributed by atoms with E-state index in [9.17, 15) is 4.79 Å². The van der Waals surface area contributed by atoms with E-state index >= 15 is 0 Å². The van der Waals surface area contributed by atoms with Crippen molar-refractivity contribution >= 4 is 39.8 Å². The highest BCUT2D eigenvalue weighted by atomic mass is 32.2. The van der Waals surface area contributed by atoms with Crippen LogP contribution in [0.1, 0.15) is 36.9 Å². The van der Waals surface area contributed by atoms with Crippen LogP contribution in [0, 0.1) is 5.41 Å². The number of H-pyrrole nitrogens is 1. The summed E-state index contributed by atoms with van der Waals surface area (Å²) in [6, 6.07) is 13.2. The summed E-state index contributed by atoms with van der Waals surface area (Å²) in [7, 11) is 2.16. The molecule has 1 aromatic carbocycles. The minimum Gasteiger partial charge on any atom is -0.453 e. The molecule has 4 heterocycles. The van der Waals surface area contributed by atoms with Gasteiger partial charge in [0.05, 0.1) is 11.3 Å². The Kier molecular flexibility index (Phi) is 7.68. The summed E-state index contributed by atoms with van der Waals surface area (Å²) in [6.07, 6.45) is 5.56. The minimum absolute atomic E-state index is 0.209. The average molecular weight is 533 g/mol. The second kappa shape index (κ2) is 11.3. The lowest BCUT2D eigenvalue weighted by molar-refractivity contribution is 0.254. The molecule has 3 N–H and O–H groups in total. The fourth-order valence-corrected chi connectivity index (χ4v) is 6.03. The van der Waals surface area contributed by atoms with Crippen LogP contribution in [-0.4, -0.2) is 45.7 Å². The van der Waals surface area contributed by atoms with E-state index in [1.165, 1.54) is 11.8 Å². The van der Waals surface area contributed by atoms with Crippen LogP contribution in [0.5, 0.6) is 11.5 Å². The molecule has 190 valence electrons. The molecule has 1 fully saturated rings. The van der Waals surface area contributed by atoms with E-state index in [2.05, 4.69) is 32.6 Å². The molecule has 0 bridgehead atoms. The number of aromatic nitrogens is 3. The second-order valence-electron chi connectivity index (χ2n) is 8.99. The van der Waals surface area contributed by atoms with E-state index < -0.39 is 0 Å². The van der Waals surface area contributed by atoms with Crippen molar-refractivity contribution in [2.75, 3.05) is 25.5 Å². The molecule has 0 atom stereocenters. The zero-order chi connectivity index (χ0) is 25.8. The van der Waals surface area contributed by atoms with Gasteiger partial charge in [0.1, 0.15) is 5.75 Å². The first-order chi connectivity index (χ1) is 18.0. The summed E-state index contributed by atoms with van der Waals surface area (Å²) in [5.74, 6) is 2.28. The zero-order valence-electron chi connectivity index (χ0n) is 20.7. The van der Waals surface area contributed by atoms with Gasteiger partial charge in [-0.3, -0.25) is 4.79 Å². The van der Waals surface area contributed by atoms with Crippen LogP contribution in [0.25, 0.3) is 0 Å². The molecular weight excluding hydrogens is 504 g/mol. The summed E-state index contributed by atoms with van der Waals surface area (Å²) in [5.41, 5.74) is 1.40. The van der Waals surface area contributed by atoms with Gasteiger partial charge in [0.25, 0.3) is 5.56 Å². The number of para-hydroxylation sites is 1. The molecule has 1 aliphatic heterocycles. The highest BCUT2D eigenvalue weighted by molar-refractivity contribution is 7.99. The van der Waals surface area contributed by atoms with Crippen molar-refractivity contribution in [3.63, 3.8) is 0 Å². The predicted octanol–water partition coefficient (Wildman–Crippen LogP) is 6.11. The zero-order valence-corrected chi connectivity index (χ0v) is 22.3. The highest BCUT2D eigenvalue weighted by Gasteiger charge is 2.21. The van der Waals surface area contributed by atoms with Crippen LogP contribution >= 0.6 is 23.1 Å². The van der Waals surface area contributed by atoms with Crippen molar-refractivity contribution in [2.45, 2.75) is 35.5 Å². The monoisotopic (exact) mass is 532 g/mol. The number of nitrogens with one attached hydrogen (secondary N) is 3. The molecule has 3 aromatic heterocycles. The maximum atomic E-state index is 12.3. The van der Waals surface area contributed by atoms with Gasteiger partial charge < -0.3 is 25.3 Å². The van der Waals surface area contributed by atoms with Gasteiger partial charge >= 0.3 is 0 Å². The Balaban J connectivity index is 1.42. The Morgan fingerprint density at radius 2 is 2.03 bits per heavy atom. The lowest BCUT2D eigenvalue weighted by atomic mass is 9.95. The first-order valence-electron chi connectivity index (χ1n) is 12.1. The van der Waals surface area contributed by atoms with Gasteiger partial charge in [0.15, 0.2) is 16.7 Å². The van der Waals surface area contributed by atoms with Crippen LogP contribution in [0.4, 0.5) is 10.9 Å². The largest absolute Gasteiger partial charge is 0.453 e. The Labute approximate surface area is 223 Å². The van der Waals surface area contributed by atoms with Crippen molar-refractivity contribution in [3.8, 4) is 11.5 Å². The smallest absolute Gasteiger partial charge is 0.258 e. The van der Waals surface area contributed by atoms with Gasteiger partial charge in [-0.1, -0.05) is 30.0 Å². The molecule has 0 amide bonds. The molecule has 1 saturated heterocycles. The number of nitrogens with zero attached hydrogens (tertiary/aromatic N) is 3. The number of ether oxygens (including phenoxy) is 1. The van der Waals surface area contributed by atoms with Crippen LogP contribution in [0.15, 0.2) is 74.8 Å². The normalized spacial score (nSPS) is 14.4. The van der Waals surface area contributed by atoms with Crippen molar-refractivity contribution in [2.24, 2.45) is 0 Å². The Bertz CT molecular complexity index is 1440. The minimum atomic E-state index is -0.284. The number of hydrogen-bond acceptors (Lipinski definition) is 9. The van der Waals surface area contributed by atoms with Gasteiger partial charge in [-0.15, -0.1) is 11.3 Å². The fourth-order valence-electron chi connectivity index (χ4n) is 4.23. The van der Waals surface area contributed by atoms with Crippen LogP contribution in [0.2, 0.25) is 0 Å². The van der Waals surface area contributed by atoms with E-state index in [0.717, 1.165) is 41.7 Å².